The Kier molecular flexibility index (Phi) is 5.72. The zero-order chi connectivity index (χ0) is 21.2. The molecule has 2 aliphatic heterocycles. The molecule has 8 heteroatoms. The highest BCUT2D eigenvalue weighted by Crippen LogP contribution is 2.33. The first-order valence-corrected chi connectivity index (χ1v) is 11.5. The Morgan fingerprint density at radius 1 is 1.06 bits per heavy atom. The van der Waals surface area contributed by atoms with E-state index in [2.05, 4.69) is 20.4 Å². The minimum absolute atomic E-state index is 0.0409. The molecule has 1 saturated carbocycles. The van der Waals surface area contributed by atoms with Crippen LogP contribution in [0.1, 0.15) is 68.4 Å². The summed E-state index contributed by atoms with van der Waals surface area (Å²) >= 11 is 0. The molecule has 164 valence electrons. The number of H-pyrrole nitrogens is 1. The van der Waals surface area contributed by atoms with Crippen LogP contribution in [0.2, 0.25) is 0 Å². The third-order valence-corrected chi connectivity index (χ3v) is 6.81. The summed E-state index contributed by atoms with van der Waals surface area (Å²) in [5.74, 6) is 2.49. The number of nitrogens with zero attached hydrogens (tertiary/aromatic N) is 4. The van der Waals surface area contributed by atoms with Crippen molar-refractivity contribution in [2.24, 2.45) is 0 Å². The van der Waals surface area contributed by atoms with E-state index in [1.807, 2.05) is 24.3 Å². The molecule has 2 aromatic rings. The number of hydrogen-bond donors (Lipinski definition) is 2. The van der Waals surface area contributed by atoms with Crippen molar-refractivity contribution in [2.75, 3.05) is 36.4 Å². The number of carbonyl (C=O) groups is 2. The number of nitrogens with one attached hydrogen (secondary N) is 2. The summed E-state index contributed by atoms with van der Waals surface area (Å²) in [4.78, 5) is 33.8. The molecule has 1 saturated heterocycles. The van der Waals surface area contributed by atoms with Gasteiger partial charge in [-0.1, -0.05) is 31.4 Å². The Bertz CT molecular complexity index is 951. The van der Waals surface area contributed by atoms with Crippen LogP contribution < -0.4 is 10.2 Å². The molecule has 3 aliphatic rings. The first-order chi connectivity index (χ1) is 15.2. The number of rotatable bonds is 4. The number of anilines is 2. The SMILES string of the molecule is O=C1CN(C(=O)CN2CCCC(c3n[nH]c(C4CCCCC4)n3)C2)c2ccccc2N1. The summed E-state index contributed by atoms with van der Waals surface area (Å²) in [7, 11) is 0. The van der Waals surface area contributed by atoms with Gasteiger partial charge >= 0.3 is 0 Å². The lowest BCUT2D eigenvalue weighted by Crippen LogP contribution is -2.48. The minimum Gasteiger partial charge on any atom is -0.323 e. The second kappa shape index (κ2) is 8.78. The standard InChI is InChI=1S/C23H30N6O2/c30-20-14-29(19-11-5-4-10-18(19)24-20)21(31)15-28-12-6-9-17(13-28)23-25-22(26-27-23)16-7-2-1-3-8-16/h4-5,10-11,16-17H,1-3,6-9,12-15H2,(H,24,30)(H,25,26,27). The van der Waals surface area contributed by atoms with E-state index >= 15 is 0 Å². The normalized spacial score (nSPS) is 22.8. The van der Waals surface area contributed by atoms with Gasteiger partial charge in [0, 0.05) is 18.4 Å². The van der Waals surface area contributed by atoms with Gasteiger partial charge in [0.2, 0.25) is 11.8 Å². The van der Waals surface area contributed by atoms with Gasteiger partial charge in [-0.3, -0.25) is 24.5 Å². The van der Waals surface area contributed by atoms with Crippen molar-refractivity contribution < 1.29 is 9.59 Å². The molecular weight excluding hydrogens is 392 g/mol. The van der Waals surface area contributed by atoms with Crippen molar-refractivity contribution >= 4 is 23.2 Å². The molecule has 31 heavy (non-hydrogen) atoms. The van der Waals surface area contributed by atoms with Gasteiger partial charge in [0.15, 0.2) is 5.82 Å². The number of hydrogen-bond acceptors (Lipinski definition) is 5. The summed E-state index contributed by atoms with van der Waals surface area (Å²) in [5.41, 5.74) is 1.46. The topological polar surface area (TPSA) is 94.2 Å². The maximum atomic E-state index is 13.1. The van der Waals surface area contributed by atoms with Crippen LogP contribution in [-0.2, 0) is 9.59 Å². The molecule has 2 amide bonds. The molecule has 2 fully saturated rings. The molecule has 0 bridgehead atoms. The summed E-state index contributed by atoms with van der Waals surface area (Å²) in [6.45, 7) is 2.02. The summed E-state index contributed by atoms with van der Waals surface area (Å²) in [6.07, 6.45) is 8.33. The molecule has 1 unspecified atom stereocenters. The second-order valence-corrected chi connectivity index (χ2v) is 9.03. The van der Waals surface area contributed by atoms with Crippen molar-refractivity contribution in [1.82, 2.24) is 20.1 Å². The number of amides is 2. The second-order valence-electron chi connectivity index (χ2n) is 9.03. The highest BCUT2D eigenvalue weighted by molar-refractivity contribution is 6.10. The van der Waals surface area contributed by atoms with Gasteiger partial charge in [0.25, 0.3) is 0 Å². The van der Waals surface area contributed by atoms with Gasteiger partial charge in [0.1, 0.15) is 12.4 Å². The van der Waals surface area contributed by atoms with Crippen LogP contribution in [0.25, 0.3) is 0 Å². The van der Waals surface area contributed by atoms with Crippen molar-refractivity contribution in [3.8, 4) is 0 Å². The lowest BCUT2D eigenvalue weighted by molar-refractivity contribution is -0.122. The van der Waals surface area contributed by atoms with Crippen LogP contribution in [-0.4, -0.2) is 58.1 Å². The molecule has 0 radical (unpaired) electrons. The monoisotopic (exact) mass is 422 g/mol. The average Bonchev–Trinajstić information content (AvgIpc) is 3.30. The van der Waals surface area contributed by atoms with E-state index in [1.54, 1.807) is 4.90 Å². The van der Waals surface area contributed by atoms with E-state index in [0.717, 1.165) is 43.3 Å². The number of aromatic nitrogens is 3. The van der Waals surface area contributed by atoms with E-state index in [4.69, 9.17) is 4.98 Å². The Labute approximate surface area is 182 Å². The first kappa shape index (κ1) is 20.2. The van der Waals surface area contributed by atoms with Crippen LogP contribution in [0.15, 0.2) is 24.3 Å². The summed E-state index contributed by atoms with van der Waals surface area (Å²) in [5, 5.41) is 10.6. The van der Waals surface area contributed by atoms with Crippen LogP contribution in [0, 0.1) is 0 Å². The lowest BCUT2D eigenvalue weighted by Gasteiger charge is -2.34. The van der Waals surface area contributed by atoms with E-state index in [-0.39, 0.29) is 24.3 Å². The molecule has 0 spiro atoms. The van der Waals surface area contributed by atoms with Crippen molar-refractivity contribution in [2.45, 2.75) is 56.8 Å². The van der Waals surface area contributed by atoms with Crippen molar-refractivity contribution in [3.63, 3.8) is 0 Å². The van der Waals surface area contributed by atoms with Crippen LogP contribution in [0.3, 0.4) is 0 Å². The number of carbonyl (C=O) groups excluding carboxylic acids is 2. The highest BCUT2D eigenvalue weighted by atomic mass is 16.2. The number of para-hydroxylation sites is 2. The first-order valence-electron chi connectivity index (χ1n) is 11.5. The minimum atomic E-state index is -0.153. The highest BCUT2D eigenvalue weighted by Gasteiger charge is 2.31. The zero-order valence-corrected chi connectivity index (χ0v) is 17.8. The van der Waals surface area contributed by atoms with Gasteiger partial charge < -0.3 is 5.32 Å². The Morgan fingerprint density at radius 2 is 1.87 bits per heavy atom. The van der Waals surface area contributed by atoms with Crippen LogP contribution in [0.5, 0.6) is 0 Å². The molecule has 5 rings (SSSR count). The predicted octanol–water partition coefficient (Wildman–Crippen LogP) is 3.02. The molecule has 8 nitrogen and oxygen atoms in total. The molecule has 1 atom stereocenters. The van der Waals surface area contributed by atoms with Gasteiger partial charge in [-0.2, -0.15) is 5.10 Å². The largest absolute Gasteiger partial charge is 0.323 e. The van der Waals surface area contributed by atoms with Crippen LogP contribution >= 0.6 is 0 Å². The molecular formula is C23H30N6O2. The number of benzene rings is 1. The van der Waals surface area contributed by atoms with Crippen LogP contribution in [0.4, 0.5) is 11.4 Å². The summed E-state index contributed by atoms with van der Waals surface area (Å²) in [6, 6.07) is 7.46. The third kappa shape index (κ3) is 4.35. The van der Waals surface area contributed by atoms with Crippen molar-refractivity contribution in [1.29, 1.82) is 0 Å². The van der Waals surface area contributed by atoms with Gasteiger partial charge in [-0.25, -0.2) is 4.98 Å². The molecule has 1 aromatic carbocycles. The fraction of sp³-hybridized carbons (Fsp3) is 0.565. The van der Waals surface area contributed by atoms with E-state index < -0.39 is 0 Å². The van der Waals surface area contributed by atoms with E-state index in [1.165, 1.54) is 32.1 Å². The zero-order valence-electron chi connectivity index (χ0n) is 17.8. The number of fused-ring (bicyclic) bond motifs is 1. The fourth-order valence-electron chi connectivity index (χ4n) is 5.17. The molecule has 3 heterocycles. The quantitative estimate of drug-likeness (QED) is 0.790. The number of likely N-dealkylation sites (tertiary alicyclic amines) is 1. The predicted molar refractivity (Wildman–Crippen MR) is 118 cm³/mol. The van der Waals surface area contributed by atoms with Crippen molar-refractivity contribution in [3.05, 3.63) is 35.9 Å². The van der Waals surface area contributed by atoms with Gasteiger partial charge in [-0.15, -0.1) is 0 Å². The Balaban J connectivity index is 1.24. The number of aromatic amines is 1. The third-order valence-electron chi connectivity index (χ3n) is 6.81. The Morgan fingerprint density at radius 3 is 2.74 bits per heavy atom. The van der Waals surface area contributed by atoms with E-state index in [9.17, 15) is 9.59 Å². The fourth-order valence-corrected chi connectivity index (χ4v) is 5.17. The molecule has 1 aromatic heterocycles. The lowest BCUT2D eigenvalue weighted by atomic mass is 9.89. The molecule has 1 aliphatic carbocycles. The summed E-state index contributed by atoms with van der Waals surface area (Å²) < 4.78 is 0. The van der Waals surface area contributed by atoms with Gasteiger partial charge in [0.05, 0.1) is 17.9 Å². The average molecular weight is 423 g/mol. The number of piperidine rings is 1. The maximum absolute atomic E-state index is 13.1. The van der Waals surface area contributed by atoms with Gasteiger partial charge in [-0.05, 0) is 44.4 Å². The Hall–Kier alpha value is -2.74. The maximum Gasteiger partial charge on any atom is 0.244 e. The molecule has 2 N–H and O–H groups in total. The van der Waals surface area contributed by atoms with E-state index in [0.29, 0.717) is 18.2 Å². The smallest absolute Gasteiger partial charge is 0.244 e.